The van der Waals surface area contributed by atoms with Gasteiger partial charge in [-0.2, -0.15) is 0 Å². The van der Waals surface area contributed by atoms with Crippen LogP contribution in [0.15, 0.2) is 29.3 Å². The Balaban J connectivity index is 1.42. The van der Waals surface area contributed by atoms with E-state index in [1.165, 1.54) is 18.6 Å². The predicted molar refractivity (Wildman–Crippen MR) is 100 cm³/mol. The molecule has 2 aliphatic rings. The summed E-state index contributed by atoms with van der Waals surface area (Å²) in [4.78, 5) is 18.8. The third kappa shape index (κ3) is 4.46. The fourth-order valence-electron chi connectivity index (χ4n) is 3.73. The fourth-order valence-corrected chi connectivity index (χ4v) is 3.73. The van der Waals surface area contributed by atoms with Gasteiger partial charge in [0.15, 0.2) is 5.96 Å². The van der Waals surface area contributed by atoms with E-state index in [-0.39, 0.29) is 11.7 Å². The van der Waals surface area contributed by atoms with Crippen LogP contribution in [0.1, 0.15) is 29.6 Å². The summed E-state index contributed by atoms with van der Waals surface area (Å²) in [5, 5.41) is 15.5. The molecule has 2 aliphatic heterocycles. The SMILES string of the molecule is CN=C(NCCNC(=O)c1ccc(O)cc1)N1CCC2(CCOCC2)C1. The molecule has 26 heavy (non-hydrogen) atoms. The lowest BCUT2D eigenvalue weighted by Gasteiger charge is -2.33. The summed E-state index contributed by atoms with van der Waals surface area (Å²) in [6.07, 6.45) is 3.45. The summed E-state index contributed by atoms with van der Waals surface area (Å²) in [7, 11) is 1.80. The molecular formula is C19H28N4O3. The number of benzene rings is 1. The molecule has 1 aromatic carbocycles. The van der Waals surface area contributed by atoms with Crippen molar-refractivity contribution in [2.75, 3.05) is 46.4 Å². The number of ether oxygens (including phenoxy) is 1. The van der Waals surface area contributed by atoms with Gasteiger partial charge in [0.1, 0.15) is 5.75 Å². The van der Waals surface area contributed by atoms with Gasteiger partial charge >= 0.3 is 0 Å². The minimum atomic E-state index is -0.149. The molecule has 2 heterocycles. The van der Waals surface area contributed by atoms with Gasteiger partial charge in [-0.25, -0.2) is 0 Å². The second kappa shape index (κ2) is 8.40. The number of rotatable bonds is 4. The van der Waals surface area contributed by atoms with Crippen LogP contribution in [0.5, 0.6) is 5.75 Å². The van der Waals surface area contributed by atoms with Crippen molar-refractivity contribution in [3.05, 3.63) is 29.8 Å². The first kappa shape index (κ1) is 18.5. The molecule has 0 aromatic heterocycles. The lowest BCUT2D eigenvalue weighted by Crippen LogP contribution is -2.44. The second-order valence-electron chi connectivity index (χ2n) is 7.06. The monoisotopic (exact) mass is 360 g/mol. The van der Waals surface area contributed by atoms with Crippen LogP contribution in [0.4, 0.5) is 0 Å². The Labute approximate surface area is 154 Å². The Kier molecular flexibility index (Phi) is 5.98. The molecule has 142 valence electrons. The molecule has 0 unspecified atom stereocenters. The van der Waals surface area contributed by atoms with Crippen LogP contribution in [0.2, 0.25) is 0 Å². The molecule has 0 aliphatic carbocycles. The zero-order chi connectivity index (χ0) is 18.4. The number of aliphatic imine (C=N–C) groups is 1. The summed E-state index contributed by atoms with van der Waals surface area (Å²) in [6, 6.07) is 6.23. The number of nitrogens with zero attached hydrogens (tertiary/aromatic N) is 2. The van der Waals surface area contributed by atoms with Gasteiger partial charge in [0.2, 0.25) is 0 Å². The first-order valence-corrected chi connectivity index (χ1v) is 9.22. The molecule has 0 radical (unpaired) electrons. The van der Waals surface area contributed by atoms with Crippen molar-refractivity contribution in [3.63, 3.8) is 0 Å². The molecule has 3 N–H and O–H groups in total. The Hall–Kier alpha value is -2.28. The highest BCUT2D eigenvalue weighted by molar-refractivity contribution is 5.94. The average Bonchev–Trinajstić information content (AvgIpc) is 3.06. The van der Waals surface area contributed by atoms with E-state index in [1.807, 2.05) is 0 Å². The van der Waals surface area contributed by atoms with Crippen molar-refractivity contribution in [3.8, 4) is 5.75 Å². The van der Waals surface area contributed by atoms with E-state index in [4.69, 9.17) is 4.74 Å². The van der Waals surface area contributed by atoms with Gasteiger partial charge in [-0.05, 0) is 48.9 Å². The Bertz CT molecular complexity index is 639. The number of hydrogen-bond donors (Lipinski definition) is 3. The number of carbonyl (C=O) groups is 1. The van der Waals surface area contributed by atoms with Crippen LogP contribution in [-0.4, -0.2) is 68.3 Å². The van der Waals surface area contributed by atoms with Crippen LogP contribution < -0.4 is 10.6 Å². The third-order valence-corrected chi connectivity index (χ3v) is 5.33. The minimum Gasteiger partial charge on any atom is -0.508 e. The van der Waals surface area contributed by atoms with E-state index < -0.39 is 0 Å². The highest BCUT2D eigenvalue weighted by Gasteiger charge is 2.40. The first-order valence-electron chi connectivity index (χ1n) is 9.22. The van der Waals surface area contributed by atoms with Crippen molar-refractivity contribution in [2.45, 2.75) is 19.3 Å². The topological polar surface area (TPSA) is 86.2 Å². The molecule has 0 saturated carbocycles. The maximum Gasteiger partial charge on any atom is 0.251 e. The number of amides is 1. The molecular weight excluding hydrogens is 332 g/mol. The molecule has 7 heteroatoms. The smallest absolute Gasteiger partial charge is 0.251 e. The number of guanidine groups is 1. The molecule has 0 bridgehead atoms. The summed E-state index contributed by atoms with van der Waals surface area (Å²) < 4.78 is 5.50. The fraction of sp³-hybridized carbons (Fsp3) is 0.579. The summed E-state index contributed by atoms with van der Waals surface area (Å²) in [6.45, 7) is 4.89. The quantitative estimate of drug-likeness (QED) is 0.427. The first-order chi connectivity index (χ1) is 12.6. The lowest BCUT2D eigenvalue weighted by molar-refractivity contribution is 0.0218. The van der Waals surface area contributed by atoms with Crippen LogP contribution in [0, 0.1) is 5.41 Å². The largest absolute Gasteiger partial charge is 0.508 e. The molecule has 3 rings (SSSR count). The highest BCUT2D eigenvalue weighted by atomic mass is 16.5. The van der Waals surface area contributed by atoms with Crippen LogP contribution >= 0.6 is 0 Å². The van der Waals surface area contributed by atoms with E-state index in [1.54, 1.807) is 19.2 Å². The minimum absolute atomic E-state index is 0.149. The van der Waals surface area contributed by atoms with Gasteiger partial charge in [-0.3, -0.25) is 9.79 Å². The van der Waals surface area contributed by atoms with E-state index >= 15 is 0 Å². The normalized spacial score (nSPS) is 19.6. The second-order valence-corrected chi connectivity index (χ2v) is 7.06. The summed E-state index contributed by atoms with van der Waals surface area (Å²) in [5.41, 5.74) is 0.913. The van der Waals surface area contributed by atoms with Crippen molar-refractivity contribution < 1.29 is 14.6 Å². The van der Waals surface area contributed by atoms with Crippen molar-refractivity contribution in [1.29, 1.82) is 0 Å². The van der Waals surface area contributed by atoms with Crippen LogP contribution in [0.25, 0.3) is 0 Å². The third-order valence-electron chi connectivity index (χ3n) is 5.33. The zero-order valence-electron chi connectivity index (χ0n) is 15.3. The number of hydrogen-bond acceptors (Lipinski definition) is 4. The molecule has 1 amide bonds. The van der Waals surface area contributed by atoms with Gasteiger partial charge in [0, 0.05) is 52.0 Å². The van der Waals surface area contributed by atoms with Crippen molar-refractivity contribution in [1.82, 2.24) is 15.5 Å². The molecule has 2 saturated heterocycles. The molecule has 0 atom stereocenters. The standard InChI is InChI=1S/C19H28N4O3/c1-20-18(23-11-6-19(14-23)7-12-26-13-8-19)22-10-9-21-17(25)15-2-4-16(24)5-3-15/h2-5,24H,6-14H2,1H3,(H,20,22)(H,21,25). The summed E-state index contributed by atoms with van der Waals surface area (Å²) in [5.74, 6) is 0.899. The maximum absolute atomic E-state index is 12.1. The van der Waals surface area contributed by atoms with Crippen molar-refractivity contribution >= 4 is 11.9 Å². The molecule has 2 fully saturated rings. The number of carbonyl (C=O) groups excluding carboxylic acids is 1. The van der Waals surface area contributed by atoms with Gasteiger partial charge < -0.3 is 25.4 Å². The summed E-state index contributed by atoms with van der Waals surface area (Å²) >= 11 is 0. The van der Waals surface area contributed by atoms with E-state index in [0.29, 0.717) is 24.1 Å². The zero-order valence-corrected chi connectivity index (χ0v) is 15.3. The predicted octanol–water partition coefficient (Wildman–Crippen LogP) is 1.20. The molecule has 1 spiro atoms. The van der Waals surface area contributed by atoms with Gasteiger partial charge in [0.05, 0.1) is 0 Å². The molecule has 1 aromatic rings. The Morgan fingerprint density at radius 2 is 1.88 bits per heavy atom. The van der Waals surface area contributed by atoms with E-state index in [9.17, 15) is 9.90 Å². The highest BCUT2D eigenvalue weighted by Crippen LogP contribution is 2.39. The number of phenolic OH excluding ortho intramolecular Hbond substituents is 1. The van der Waals surface area contributed by atoms with Crippen LogP contribution in [-0.2, 0) is 4.74 Å². The van der Waals surface area contributed by atoms with Gasteiger partial charge in [-0.1, -0.05) is 0 Å². The van der Waals surface area contributed by atoms with Crippen LogP contribution in [0.3, 0.4) is 0 Å². The van der Waals surface area contributed by atoms with Crippen molar-refractivity contribution in [2.24, 2.45) is 10.4 Å². The van der Waals surface area contributed by atoms with Gasteiger partial charge in [-0.15, -0.1) is 0 Å². The van der Waals surface area contributed by atoms with E-state index in [0.717, 1.165) is 45.1 Å². The number of likely N-dealkylation sites (tertiary alicyclic amines) is 1. The molecule has 7 nitrogen and oxygen atoms in total. The Morgan fingerprint density at radius 3 is 2.58 bits per heavy atom. The van der Waals surface area contributed by atoms with Gasteiger partial charge in [0.25, 0.3) is 5.91 Å². The Morgan fingerprint density at radius 1 is 1.19 bits per heavy atom. The number of aromatic hydroxyl groups is 1. The lowest BCUT2D eigenvalue weighted by atomic mass is 9.80. The van der Waals surface area contributed by atoms with E-state index in [2.05, 4.69) is 20.5 Å². The number of nitrogens with one attached hydrogen (secondary N) is 2. The number of phenols is 1. The maximum atomic E-state index is 12.1. The average molecular weight is 360 g/mol.